The molecule has 4 heteroatoms. The van der Waals surface area contributed by atoms with Crippen LogP contribution in [-0.2, 0) is 17.8 Å². The van der Waals surface area contributed by atoms with Crippen LogP contribution in [0, 0.1) is 0 Å². The smallest absolute Gasteiger partial charge is 0.410 e. The molecular weight excluding hydrogens is 396 g/mol. The predicted octanol–water partition coefficient (Wildman–Crippen LogP) is 6.40. The van der Waals surface area contributed by atoms with Crippen LogP contribution in [-0.4, -0.2) is 40.6 Å². The van der Waals surface area contributed by atoms with Crippen molar-refractivity contribution >= 4 is 6.09 Å². The molecule has 2 aromatic rings. The first-order valence-corrected chi connectivity index (χ1v) is 12.5. The molecule has 2 aromatic carbocycles. The van der Waals surface area contributed by atoms with Crippen LogP contribution >= 0.6 is 0 Å². The van der Waals surface area contributed by atoms with Crippen LogP contribution in [0.4, 0.5) is 4.79 Å². The fourth-order valence-corrected chi connectivity index (χ4v) is 5.58. The summed E-state index contributed by atoms with van der Waals surface area (Å²) in [5.41, 5.74) is 2.75. The van der Waals surface area contributed by atoms with E-state index in [9.17, 15) is 4.79 Å². The number of nitrogens with zero attached hydrogens (tertiary/aromatic N) is 2. The number of benzene rings is 2. The summed E-state index contributed by atoms with van der Waals surface area (Å²) in [6, 6.07) is 22.2. The SMILES string of the molecule is CCCCOC(=O)N1CCCC12CCC(N(Cc1ccccc1)Cc1ccccc1)CC2. The van der Waals surface area contributed by atoms with Crippen molar-refractivity contribution in [2.45, 2.75) is 83.0 Å². The normalized spacial score (nSPS) is 23.1. The average Bonchev–Trinajstić information content (AvgIpc) is 3.23. The number of hydrogen-bond donors (Lipinski definition) is 0. The first kappa shape index (κ1) is 22.8. The van der Waals surface area contributed by atoms with Gasteiger partial charge in [0.15, 0.2) is 0 Å². The van der Waals surface area contributed by atoms with Gasteiger partial charge in [-0.2, -0.15) is 0 Å². The number of carbonyl (C=O) groups is 1. The summed E-state index contributed by atoms with van der Waals surface area (Å²) in [5.74, 6) is 0. The van der Waals surface area contributed by atoms with Crippen LogP contribution in [0.3, 0.4) is 0 Å². The molecule has 1 amide bonds. The Labute approximate surface area is 193 Å². The number of ether oxygens (including phenoxy) is 1. The lowest BCUT2D eigenvalue weighted by Crippen LogP contribution is -2.52. The van der Waals surface area contributed by atoms with E-state index in [0.717, 1.165) is 71.0 Å². The standard InChI is InChI=1S/C28H38N2O2/c1-2-3-21-32-27(31)30-20-10-17-28(30)18-15-26(16-19-28)29(22-24-11-6-4-7-12-24)23-25-13-8-5-9-14-25/h4-9,11-14,26H,2-3,10,15-23H2,1H3. The third-order valence-electron chi connectivity index (χ3n) is 7.40. The summed E-state index contributed by atoms with van der Waals surface area (Å²) < 4.78 is 5.60. The Hall–Kier alpha value is -2.33. The molecule has 1 saturated carbocycles. The summed E-state index contributed by atoms with van der Waals surface area (Å²) in [4.78, 5) is 17.5. The van der Waals surface area contributed by atoms with E-state index in [-0.39, 0.29) is 11.6 Å². The van der Waals surface area contributed by atoms with Gasteiger partial charge in [0.05, 0.1) is 6.61 Å². The van der Waals surface area contributed by atoms with Crippen LogP contribution in [0.15, 0.2) is 60.7 Å². The van der Waals surface area contributed by atoms with Gasteiger partial charge in [0.25, 0.3) is 0 Å². The van der Waals surface area contributed by atoms with Crippen molar-refractivity contribution in [3.8, 4) is 0 Å². The molecule has 1 spiro atoms. The summed E-state index contributed by atoms with van der Waals surface area (Å²) in [6.07, 6.45) is 8.59. The maximum absolute atomic E-state index is 12.8. The first-order chi connectivity index (χ1) is 15.7. The van der Waals surface area contributed by atoms with Crippen LogP contribution in [0.25, 0.3) is 0 Å². The van der Waals surface area contributed by atoms with Gasteiger partial charge in [-0.05, 0) is 56.1 Å². The van der Waals surface area contributed by atoms with E-state index < -0.39 is 0 Å². The maximum Gasteiger partial charge on any atom is 0.410 e. The summed E-state index contributed by atoms with van der Waals surface area (Å²) in [6.45, 7) is 5.47. The topological polar surface area (TPSA) is 32.8 Å². The van der Waals surface area contributed by atoms with E-state index in [2.05, 4.69) is 77.4 Å². The fraction of sp³-hybridized carbons (Fsp3) is 0.536. The third-order valence-corrected chi connectivity index (χ3v) is 7.40. The molecule has 1 aliphatic heterocycles. The maximum atomic E-state index is 12.8. The van der Waals surface area contributed by atoms with Crippen molar-refractivity contribution in [3.05, 3.63) is 71.8 Å². The monoisotopic (exact) mass is 434 g/mol. The highest BCUT2D eigenvalue weighted by Crippen LogP contribution is 2.43. The van der Waals surface area contributed by atoms with E-state index in [1.54, 1.807) is 0 Å². The molecule has 1 aliphatic carbocycles. The third kappa shape index (κ3) is 5.53. The van der Waals surface area contributed by atoms with E-state index in [1.165, 1.54) is 11.1 Å². The highest BCUT2D eigenvalue weighted by molar-refractivity contribution is 5.69. The number of rotatable bonds is 8. The van der Waals surface area contributed by atoms with Crippen molar-refractivity contribution in [1.82, 2.24) is 9.80 Å². The van der Waals surface area contributed by atoms with E-state index in [4.69, 9.17) is 4.74 Å². The largest absolute Gasteiger partial charge is 0.449 e. The van der Waals surface area contributed by atoms with Gasteiger partial charge < -0.3 is 9.64 Å². The van der Waals surface area contributed by atoms with Gasteiger partial charge in [-0.25, -0.2) is 4.79 Å². The molecular formula is C28H38N2O2. The minimum absolute atomic E-state index is 0.0188. The average molecular weight is 435 g/mol. The Morgan fingerprint density at radius 1 is 0.969 bits per heavy atom. The van der Waals surface area contributed by atoms with Crippen molar-refractivity contribution in [1.29, 1.82) is 0 Å². The molecule has 32 heavy (non-hydrogen) atoms. The number of likely N-dealkylation sites (tertiary alicyclic amines) is 1. The number of hydrogen-bond acceptors (Lipinski definition) is 3. The van der Waals surface area contributed by atoms with Gasteiger partial charge in [-0.3, -0.25) is 4.90 Å². The number of amides is 1. The Kier molecular flexibility index (Phi) is 7.85. The van der Waals surface area contributed by atoms with Crippen molar-refractivity contribution < 1.29 is 9.53 Å². The summed E-state index contributed by atoms with van der Waals surface area (Å²) in [7, 11) is 0. The lowest BCUT2D eigenvalue weighted by molar-refractivity contribution is 0.0297. The van der Waals surface area contributed by atoms with Gasteiger partial charge in [-0.1, -0.05) is 74.0 Å². The lowest BCUT2D eigenvalue weighted by atomic mass is 9.77. The molecule has 0 unspecified atom stereocenters. The molecule has 0 atom stereocenters. The van der Waals surface area contributed by atoms with Gasteiger partial charge >= 0.3 is 6.09 Å². The van der Waals surface area contributed by atoms with E-state index in [1.807, 2.05) is 0 Å². The molecule has 0 N–H and O–H groups in total. The highest BCUT2D eigenvalue weighted by atomic mass is 16.6. The van der Waals surface area contributed by atoms with Crippen molar-refractivity contribution in [2.24, 2.45) is 0 Å². The molecule has 4 rings (SSSR count). The quantitative estimate of drug-likeness (QED) is 0.451. The molecule has 1 heterocycles. The Balaban J connectivity index is 1.42. The Morgan fingerprint density at radius 2 is 1.56 bits per heavy atom. The van der Waals surface area contributed by atoms with E-state index >= 15 is 0 Å². The highest BCUT2D eigenvalue weighted by Gasteiger charge is 2.47. The Bertz CT molecular complexity index is 790. The Morgan fingerprint density at radius 3 is 2.12 bits per heavy atom. The van der Waals surface area contributed by atoms with Gasteiger partial charge in [0.2, 0.25) is 0 Å². The molecule has 4 nitrogen and oxygen atoms in total. The van der Waals surface area contributed by atoms with Crippen LogP contribution in [0.1, 0.15) is 69.4 Å². The fourth-order valence-electron chi connectivity index (χ4n) is 5.58. The first-order valence-electron chi connectivity index (χ1n) is 12.5. The van der Waals surface area contributed by atoms with Gasteiger partial charge in [-0.15, -0.1) is 0 Å². The molecule has 0 radical (unpaired) electrons. The summed E-state index contributed by atoms with van der Waals surface area (Å²) in [5, 5.41) is 0. The zero-order chi connectivity index (χ0) is 22.2. The minimum Gasteiger partial charge on any atom is -0.449 e. The van der Waals surface area contributed by atoms with E-state index in [0.29, 0.717) is 12.6 Å². The molecule has 2 aliphatic rings. The lowest BCUT2D eigenvalue weighted by Gasteiger charge is -2.45. The number of carbonyl (C=O) groups excluding carboxylic acids is 1. The molecule has 0 bridgehead atoms. The second kappa shape index (κ2) is 11.0. The molecule has 172 valence electrons. The van der Waals surface area contributed by atoms with Gasteiger partial charge in [0.1, 0.15) is 0 Å². The molecule has 2 fully saturated rings. The van der Waals surface area contributed by atoms with Crippen LogP contribution in [0.2, 0.25) is 0 Å². The second-order valence-corrected chi connectivity index (χ2v) is 9.55. The zero-order valence-electron chi connectivity index (χ0n) is 19.5. The molecule has 1 saturated heterocycles. The van der Waals surface area contributed by atoms with Crippen LogP contribution in [0.5, 0.6) is 0 Å². The van der Waals surface area contributed by atoms with Gasteiger partial charge in [0, 0.05) is 31.2 Å². The number of unbranched alkanes of at least 4 members (excludes halogenated alkanes) is 1. The predicted molar refractivity (Wildman–Crippen MR) is 129 cm³/mol. The zero-order valence-corrected chi connectivity index (χ0v) is 19.5. The van der Waals surface area contributed by atoms with Crippen LogP contribution < -0.4 is 0 Å². The second-order valence-electron chi connectivity index (χ2n) is 9.55. The summed E-state index contributed by atoms with van der Waals surface area (Å²) >= 11 is 0. The molecule has 0 aromatic heterocycles. The minimum atomic E-state index is -0.0835. The van der Waals surface area contributed by atoms with Crippen molar-refractivity contribution in [2.75, 3.05) is 13.2 Å². The van der Waals surface area contributed by atoms with Crippen molar-refractivity contribution in [3.63, 3.8) is 0 Å².